The molecule has 7 nitrogen and oxygen atoms in total. The van der Waals surface area contributed by atoms with Gasteiger partial charge in [0.25, 0.3) is 11.7 Å². The van der Waals surface area contributed by atoms with E-state index in [0.717, 1.165) is 65.6 Å². The lowest BCUT2D eigenvalue weighted by Gasteiger charge is -2.36. The largest absolute Gasteiger partial charge is 0.368 e. The van der Waals surface area contributed by atoms with Crippen LogP contribution in [0.15, 0.2) is 97.2 Å². The van der Waals surface area contributed by atoms with E-state index in [4.69, 9.17) is 0 Å². The van der Waals surface area contributed by atoms with Gasteiger partial charge in [0.2, 0.25) is 0 Å². The fraction of sp³-hybridized carbons (Fsp3) is 0.182. The van der Waals surface area contributed by atoms with Crippen molar-refractivity contribution in [3.8, 4) is 11.1 Å². The number of carbonyl (C=O) groups is 2. The highest BCUT2D eigenvalue weighted by atomic mass is 16.2. The van der Waals surface area contributed by atoms with Crippen LogP contribution < -0.4 is 15.1 Å². The normalized spacial score (nSPS) is 13.4. The van der Waals surface area contributed by atoms with Gasteiger partial charge in [-0.25, -0.2) is 4.98 Å². The van der Waals surface area contributed by atoms with Gasteiger partial charge in [-0.1, -0.05) is 42.5 Å². The predicted molar refractivity (Wildman–Crippen MR) is 160 cm³/mol. The number of aromatic nitrogens is 2. The smallest absolute Gasteiger partial charge is 0.298 e. The molecule has 1 amide bonds. The molecule has 3 aromatic heterocycles. The van der Waals surface area contributed by atoms with Gasteiger partial charge in [-0.3, -0.25) is 9.59 Å². The monoisotopic (exact) mass is 529 g/mol. The SMILES string of the molecule is Cc1cccc(N2CCN(c3ccc(NC(=O)C(=O)c4c(-c5ccccc5)c(C)c5ccccn45)cc3)CC2)n1. The van der Waals surface area contributed by atoms with Crippen molar-refractivity contribution in [2.45, 2.75) is 13.8 Å². The van der Waals surface area contributed by atoms with Crippen molar-refractivity contribution in [2.24, 2.45) is 0 Å². The zero-order valence-corrected chi connectivity index (χ0v) is 22.7. The van der Waals surface area contributed by atoms with E-state index in [0.29, 0.717) is 11.4 Å². The summed E-state index contributed by atoms with van der Waals surface area (Å²) in [7, 11) is 0. The molecule has 0 atom stereocenters. The van der Waals surface area contributed by atoms with E-state index >= 15 is 0 Å². The Morgan fingerprint density at radius 1 is 0.750 bits per heavy atom. The van der Waals surface area contributed by atoms with E-state index in [2.05, 4.69) is 26.2 Å². The number of nitrogens with one attached hydrogen (secondary N) is 1. The highest BCUT2D eigenvalue weighted by Crippen LogP contribution is 2.33. The Morgan fingerprint density at radius 2 is 1.45 bits per heavy atom. The summed E-state index contributed by atoms with van der Waals surface area (Å²) < 4.78 is 1.81. The second-order valence-electron chi connectivity index (χ2n) is 10.1. The van der Waals surface area contributed by atoms with E-state index in [-0.39, 0.29) is 0 Å². The van der Waals surface area contributed by atoms with Gasteiger partial charge in [-0.2, -0.15) is 0 Å². The second kappa shape index (κ2) is 10.7. The van der Waals surface area contributed by atoms with Gasteiger partial charge in [0.15, 0.2) is 0 Å². The number of anilines is 3. The van der Waals surface area contributed by atoms with Crippen LogP contribution >= 0.6 is 0 Å². The Labute approximate surface area is 233 Å². The van der Waals surface area contributed by atoms with Crippen molar-refractivity contribution in [1.29, 1.82) is 0 Å². The molecular weight excluding hydrogens is 498 g/mol. The number of hydrogen-bond acceptors (Lipinski definition) is 5. The summed E-state index contributed by atoms with van der Waals surface area (Å²) in [6.07, 6.45) is 1.83. The third kappa shape index (κ3) is 4.82. The topological polar surface area (TPSA) is 70.0 Å². The van der Waals surface area contributed by atoms with Gasteiger partial charge in [-0.15, -0.1) is 0 Å². The summed E-state index contributed by atoms with van der Waals surface area (Å²) in [5.74, 6) is -0.214. The fourth-order valence-electron chi connectivity index (χ4n) is 5.50. The third-order valence-electron chi connectivity index (χ3n) is 7.55. The minimum atomic E-state index is -0.660. The lowest BCUT2D eigenvalue weighted by atomic mass is 9.99. The van der Waals surface area contributed by atoms with Gasteiger partial charge >= 0.3 is 0 Å². The lowest BCUT2D eigenvalue weighted by molar-refractivity contribution is -0.112. The fourth-order valence-corrected chi connectivity index (χ4v) is 5.50. The van der Waals surface area contributed by atoms with Crippen LogP contribution in [-0.4, -0.2) is 47.3 Å². The summed E-state index contributed by atoms with van der Waals surface area (Å²) in [6.45, 7) is 7.53. The Bertz CT molecular complexity index is 1680. The number of rotatable bonds is 6. The molecule has 1 aliphatic rings. The average Bonchev–Trinajstić information content (AvgIpc) is 3.30. The van der Waals surface area contributed by atoms with Gasteiger partial charge in [0.1, 0.15) is 11.5 Å². The summed E-state index contributed by atoms with van der Waals surface area (Å²) >= 11 is 0. The number of benzene rings is 2. The zero-order valence-electron chi connectivity index (χ0n) is 22.7. The molecule has 0 unspecified atom stereocenters. The molecule has 1 fully saturated rings. The summed E-state index contributed by atoms with van der Waals surface area (Å²) in [5, 5.41) is 2.82. The van der Waals surface area contributed by atoms with Crippen molar-refractivity contribution in [3.63, 3.8) is 0 Å². The highest BCUT2D eigenvalue weighted by molar-refractivity contribution is 6.47. The van der Waals surface area contributed by atoms with Gasteiger partial charge in [-0.05, 0) is 73.5 Å². The van der Waals surface area contributed by atoms with Crippen molar-refractivity contribution in [3.05, 3.63) is 114 Å². The Balaban J connectivity index is 1.17. The molecule has 1 N–H and O–H groups in total. The first-order valence-corrected chi connectivity index (χ1v) is 13.5. The average molecular weight is 530 g/mol. The number of ketones is 1. The van der Waals surface area contributed by atoms with Gasteiger partial charge < -0.3 is 19.5 Å². The highest BCUT2D eigenvalue weighted by Gasteiger charge is 2.27. The molecule has 0 aliphatic carbocycles. The molecule has 5 aromatic rings. The molecule has 0 spiro atoms. The number of fused-ring (bicyclic) bond motifs is 1. The first kappa shape index (κ1) is 25.4. The number of nitrogens with zero attached hydrogens (tertiary/aromatic N) is 4. The number of aryl methyl sites for hydroxylation is 2. The Hall–Kier alpha value is -4.91. The van der Waals surface area contributed by atoms with Crippen LogP contribution in [0.5, 0.6) is 0 Å². The standard InChI is InChI=1S/C33H31N5O2/c1-23-9-8-13-29(34-23)37-21-19-36(20-22-37)27-16-14-26(15-17-27)35-33(40)32(39)31-30(25-10-4-3-5-11-25)24(2)28-12-6-7-18-38(28)31/h3-18H,19-22H2,1-2H3,(H,35,40). The molecule has 0 saturated carbocycles. The van der Waals surface area contributed by atoms with Crippen LogP contribution in [0.25, 0.3) is 16.6 Å². The molecule has 7 heteroatoms. The van der Waals surface area contributed by atoms with Crippen LogP contribution in [0.4, 0.5) is 17.2 Å². The molecule has 6 rings (SSSR count). The van der Waals surface area contributed by atoms with Crippen molar-refractivity contribution in [1.82, 2.24) is 9.38 Å². The zero-order chi connectivity index (χ0) is 27.6. The minimum Gasteiger partial charge on any atom is -0.368 e. The molecule has 40 heavy (non-hydrogen) atoms. The van der Waals surface area contributed by atoms with E-state index in [1.54, 1.807) is 0 Å². The number of piperazine rings is 1. The van der Waals surface area contributed by atoms with Crippen molar-refractivity contribution < 1.29 is 9.59 Å². The molecular formula is C33H31N5O2. The van der Waals surface area contributed by atoms with Crippen LogP contribution in [0, 0.1) is 13.8 Å². The van der Waals surface area contributed by atoms with Crippen LogP contribution in [0.2, 0.25) is 0 Å². The summed E-state index contributed by atoms with van der Waals surface area (Å²) in [4.78, 5) is 36.1. The summed E-state index contributed by atoms with van der Waals surface area (Å²) in [5.41, 5.74) is 6.61. The molecule has 0 radical (unpaired) electrons. The third-order valence-corrected chi connectivity index (χ3v) is 7.55. The van der Waals surface area contributed by atoms with Crippen molar-refractivity contribution >= 4 is 34.4 Å². The number of pyridine rings is 2. The van der Waals surface area contributed by atoms with Gasteiger partial charge in [0.05, 0.1) is 0 Å². The van der Waals surface area contributed by atoms with Crippen LogP contribution in [0.1, 0.15) is 21.7 Å². The second-order valence-corrected chi connectivity index (χ2v) is 10.1. The minimum absolute atomic E-state index is 0.370. The van der Waals surface area contributed by atoms with E-state index < -0.39 is 11.7 Å². The maximum Gasteiger partial charge on any atom is 0.298 e. The number of carbonyl (C=O) groups excluding carboxylic acids is 2. The van der Waals surface area contributed by atoms with Crippen LogP contribution in [-0.2, 0) is 4.79 Å². The lowest BCUT2D eigenvalue weighted by Crippen LogP contribution is -2.46. The molecule has 1 saturated heterocycles. The molecule has 4 heterocycles. The molecule has 0 bridgehead atoms. The van der Waals surface area contributed by atoms with E-state index in [1.807, 2.05) is 109 Å². The van der Waals surface area contributed by atoms with Crippen molar-refractivity contribution in [2.75, 3.05) is 41.3 Å². The quantitative estimate of drug-likeness (QED) is 0.224. The number of amides is 1. The van der Waals surface area contributed by atoms with E-state index in [1.165, 1.54) is 0 Å². The molecule has 200 valence electrons. The first-order chi connectivity index (χ1) is 19.5. The van der Waals surface area contributed by atoms with Gasteiger partial charge in [0, 0.05) is 60.5 Å². The predicted octanol–water partition coefficient (Wildman–Crippen LogP) is 5.77. The first-order valence-electron chi connectivity index (χ1n) is 13.5. The maximum atomic E-state index is 13.6. The Morgan fingerprint density at radius 3 is 2.17 bits per heavy atom. The Kier molecular flexibility index (Phi) is 6.78. The number of Topliss-reactive ketones (excluding diaryl/α,β-unsaturated/α-hetero) is 1. The van der Waals surface area contributed by atoms with E-state index in [9.17, 15) is 9.59 Å². The van der Waals surface area contributed by atoms with Crippen LogP contribution in [0.3, 0.4) is 0 Å². The number of hydrogen-bond donors (Lipinski definition) is 1. The molecule has 1 aliphatic heterocycles. The maximum absolute atomic E-state index is 13.6. The molecule has 2 aromatic carbocycles. The summed E-state index contributed by atoms with van der Waals surface area (Å²) in [6, 6.07) is 29.3.